The fraction of sp³-hybridized carbons (Fsp3) is 0.333. The minimum Gasteiger partial charge on any atom is -0.478 e. The van der Waals surface area contributed by atoms with E-state index < -0.39 is 12.0 Å². The maximum Gasteiger partial charge on any atom is 0.335 e. The summed E-state index contributed by atoms with van der Waals surface area (Å²) < 4.78 is 0.579. The summed E-state index contributed by atoms with van der Waals surface area (Å²) in [4.78, 5) is 22.6. The molecule has 1 amide bonds. The maximum atomic E-state index is 11.7. The lowest BCUT2D eigenvalue weighted by Gasteiger charge is -2.15. The second-order valence-corrected chi connectivity index (χ2v) is 5.21. The molecular weight excluding hydrogens is 300 g/mol. The minimum absolute atomic E-state index is 0.0103. The van der Waals surface area contributed by atoms with Gasteiger partial charge >= 0.3 is 5.97 Å². The van der Waals surface area contributed by atoms with Crippen LogP contribution in [0.15, 0.2) is 22.7 Å². The third kappa shape index (κ3) is 3.82. The zero-order valence-electron chi connectivity index (χ0n) is 10.1. The van der Waals surface area contributed by atoms with Crippen molar-refractivity contribution in [3.8, 4) is 0 Å². The first-order valence-corrected chi connectivity index (χ1v) is 6.21. The van der Waals surface area contributed by atoms with Crippen molar-refractivity contribution in [3.63, 3.8) is 0 Å². The lowest BCUT2D eigenvalue weighted by molar-refractivity contribution is -0.118. The van der Waals surface area contributed by atoms with Crippen LogP contribution < -0.4 is 11.1 Å². The number of rotatable bonds is 4. The number of halogens is 1. The number of aromatic carboxylic acids is 1. The van der Waals surface area contributed by atoms with Crippen LogP contribution >= 0.6 is 15.9 Å². The molecule has 98 valence electrons. The Labute approximate surface area is 113 Å². The molecule has 0 unspecified atom stereocenters. The number of nitrogens with two attached hydrogens (primary N) is 1. The minimum atomic E-state index is -1.06. The molecule has 6 heteroatoms. The van der Waals surface area contributed by atoms with Crippen molar-refractivity contribution in [1.82, 2.24) is 0 Å². The van der Waals surface area contributed by atoms with Crippen molar-refractivity contribution < 1.29 is 14.7 Å². The Hall–Kier alpha value is -1.40. The van der Waals surface area contributed by atoms with Gasteiger partial charge in [-0.15, -0.1) is 0 Å². The lowest BCUT2D eigenvalue weighted by atomic mass is 10.0. The molecule has 0 fully saturated rings. The zero-order chi connectivity index (χ0) is 13.9. The Kier molecular flexibility index (Phi) is 4.86. The average molecular weight is 315 g/mol. The fourth-order valence-corrected chi connectivity index (χ4v) is 1.81. The molecule has 0 spiro atoms. The van der Waals surface area contributed by atoms with Crippen LogP contribution in [-0.2, 0) is 4.79 Å². The molecule has 5 nitrogen and oxygen atoms in total. The standard InChI is InChI=1S/C12H15BrN2O3/c1-6(2)10(14)11(16)15-9-4-7(12(17)18)3-8(13)5-9/h3-6,10H,14H2,1-2H3,(H,15,16)(H,17,18)/t10-/m0/s1. The molecular formula is C12H15BrN2O3. The van der Waals surface area contributed by atoms with E-state index in [9.17, 15) is 9.59 Å². The van der Waals surface area contributed by atoms with Crippen LogP contribution in [0.4, 0.5) is 5.69 Å². The van der Waals surface area contributed by atoms with Gasteiger partial charge in [0.2, 0.25) is 5.91 Å². The molecule has 0 aliphatic heterocycles. The first-order chi connectivity index (χ1) is 8.31. The predicted molar refractivity (Wildman–Crippen MR) is 72.5 cm³/mol. The van der Waals surface area contributed by atoms with Crippen LogP contribution in [0.5, 0.6) is 0 Å². The highest BCUT2D eigenvalue weighted by atomic mass is 79.9. The zero-order valence-corrected chi connectivity index (χ0v) is 11.7. The van der Waals surface area contributed by atoms with E-state index in [4.69, 9.17) is 10.8 Å². The van der Waals surface area contributed by atoms with Crippen LogP contribution in [-0.4, -0.2) is 23.0 Å². The molecule has 0 heterocycles. The summed E-state index contributed by atoms with van der Waals surface area (Å²) in [5, 5.41) is 11.5. The number of hydrogen-bond donors (Lipinski definition) is 3. The molecule has 4 N–H and O–H groups in total. The summed E-state index contributed by atoms with van der Waals surface area (Å²) in [5.41, 5.74) is 6.20. The van der Waals surface area contributed by atoms with Gasteiger partial charge in [-0.1, -0.05) is 29.8 Å². The van der Waals surface area contributed by atoms with Crippen molar-refractivity contribution in [3.05, 3.63) is 28.2 Å². The van der Waals surface area contributed by atoms with E-state index in [0.29, 0.717) is 10.2 Å². The predicted octanol–water partition coefficient (Wildman–Crippen LogP) is 2.07. The largest absolute Gasteiger partial charge is 0.478 e. The van der Waals surface area contributed by atoms with Crippen LogP contribution in [0, 0.1) is 5.92 Å². The van der Waals surface area contributed by atoms with Crippen molar-refractivity contribution >= 4 is 33.5 Å². The normalized spacial score (nSPS) is 12.3. The van der Waals surface area contributed by atoms with Gasteiger partial charge in [0.15, 0.2) is 0 Å². The monoisotopic (exact) mass is 314 g/mol. The second kappa shape index (κ2) is 5.97. The molecule has 0 aliphatic carbocycles. The second-order valence-electron chi connectivity index (χ2n) is 4.29. The Morgan fingerprint density at radius 1 is 1.33 bits per heavy atom. The first-order valence-electron chi connectivity index (χ1n) is 5.41. The topological polar surface area (TPSA) is 92.4 Å². The Bertz CT molecular complexity index is 474. The molecule has 1 aromatic rings. The quantitative estimate of drug-likeness (QED) is 0.793. The van der Waals surface area contributed by atoms with Gasteiger partial charge in [-0.2, -0.15) is 0 Å². The number of hydrogen-bond acceptors (Lipinski definition) is 3. The molecule has 0 aromatic heterocycles. The Balaban J connectivity index is 2.91. The van der Waals surface area contributed by atoms with E-state index in [1.165, 1.54) is 12.1 Å². The smallest absolute Gasteiger partial charge is 0.335 e. The van der Waals surface area contributed by atoms with Crippen LogP contribution in [0.2, 0.25) is 0 Å². The number of amides is 1. The summed E-state index contributed by atoms with van der Waals surface area (Å²) >= 11 is 3.19. The van der Waals surface area contributed by atoms with Crippen molar-refractivity contribution in [2.24, 2.45) is 11.7 Å². The fourth-order valence-electron chi connectivity index (χ4n) is 1.31. The molecule has 1 aromatic carbocycles. The Morgan fingerprint density at radius 3 is 2.44 bits per heavy atom. The van der Waals surface area contributed by atoms with Gasteiger partial charge in [0.25, 0.3) is 0 Å². The van der Waals surface area contributed by atoms with E-state index in [0.717, 1.165) is 0 Å². The number of carboxylic acids is 1. The van der Waals surface area contributed by atoms with Crippen molar-refractivity contribution in [2.75, 3.05) is 5.32 Å². The average Bonchev–Trinajstić information content (AvgIpc) is 2.26. The van der Waals surface area contributed by atoms with Gasteiger partial charge in [-0.05, 0) is 24.1 Å². The number of benzene rings is 1. The number of anilines is 1. The lowest BCUT2D eigenvalue weighted by Crippen LogP contribution is -2.39. The third-order valence-electron chi connectivity index (χ3n) is 2.43. The first kappa shape index (κ1) is 14.7. The van der Waals surface area contributed by atoms with Gasteiger partial charge in [0, 0.05) is 10.2 Å². The molecule has 0 radical (unpaired) electrons. The summed E-state index contributed by atoms with van der Waals surface area (Å²) in [7, 11) is 0. The molecule has 1 atom stereocenters. The van der Waals surface area contributed by atoms with Gasteiger partial charge in [-0.3, -0.25) is 4.79 Å². The van der Waals surface area contributed by atoms with E-state index in [1.807, 2.05) is 13.8 Å². The number of nitrogens with one attached hydrogen (secondary N) is 1. The summed E-state index contributed by atoms with van der Waals surface area (Å²) in [5.74, 6) is -1.38. The van der Waals surface area contributed by atoms with Gasteiger partial charge in [-0.25, -0.2) is 4.79 Å². The maximum absolute atomic E-state index is 11.7. The number of carbonyl (C=O) groups is 2. The van der Waals surface area contributed by atoms with Crippen LogP contribution in [0.1, 0.15) is 24.2 Å². The molecule has 0 saturated heterocycles. The van der Waals surface area contributed by atoms with E-state index in [1.54, 1.807) is 6.07 Å². The van der Waals surface area contributed by atoms with Gasteiger partial charge < -0.3 is 16.2 Å². The van der Waals surface area contributed by atoms with Gasteiger partial charge in [0.1, 0.15) is 0 Å². The molecule has 18 heavy (non-hydrogen) atoms. The SMILES string of the molecule is CC(C)[C@H](N)C(=O)Nc1cc(Br)cc(C(=O)O)c1. The molecule has 1 rings (SSSR count). The van der Waals surface area contributed by atoms with Gasteiger partial charge in [0.05, 0.1) is 11.6 Å². The van der Waals surface area contributed by atoms with E-state index in [-0.39, 0.29) is 17.4 Å². The third-order valence-corrected chi connectivity index (χ3v) is 2.89. The summed E-state index contributed by atoms with van der Waals surface area (Å²) in [6, 6.07) is 3.84. The highest BCUT2D eigenvalue weighted by molar-refractivity contribution is 9.10. The molecule has 0 saturated carbocycles. The number of carbonyl (C=O) groups excluding carboxylic acids is 1. The Morgan fingerprint density at radius 2 is 1.94 bits per heavy atom. The summed E-state index contributed by atoms with van der Waals surface area (Å²) in [6.45, 7) is 3.68. The van der Waals surface area contributed by atoms with Crippen molar-refractivity contribution in [2.45, 2.75) is 19.9 Å². The molecule has 0 aliphatic rings. The van der Waals surface area contributed by atoms with E-state index >= 15 is 0 Å². The highest BCUT2D eigenvalue weighted by Gasteiger charge is 2.17. The van der Waals surface area contributed by atoms with Crippen LogP contribution in [0.3, 0.4) is 0 Å². The molecule has 0 bridgehead atoms. The number of carboxylic acid groups (broad SMARTS) is 1. The highest BCUT2D eigenvalue weighted by Crippen LogP contribution is 2.20. The van der Waals surface area contributed by atoms with Crippen LogP contribution in [0.25, 0.3) is 0 Å². The van der Waals surface area contributed by atoms with E-state index in [2.05, 4.69) is 21.2 Å². The summed E-state index contributed by atoms with van der Waals surface area (Å²) in [6.07, 6.45) is 0. The van der Waals surface area contributed by atoms with Crippen molar-refractivity contribution in [1.29, 1.82) is 0 Å².